The first-order chi connectivity index (χ1) is 14.6. The lowest BCUT2D eigenvalue weighted by Crippen LogP contribution is -2.33. The molecular weight excluding hydrogens is 401 g/mol. The number of Topliss-reactive ketones (excluding diaryl/α,β-unsaturated/α-hetero) is 2. The third-order valence-electron chi connectivity index (χ3n) is 5.58. The molecule has 0 bridgehead atoms. The predicted octanol–water partition coefficient (Wildman–Crippen LogP) is 4.28. The van der Waals surface area contributed by atoms with Crippen molar-refractivity contribution >= 4 is 17.5 Å². The molecule has 1 aliphatic heterocycles. The van der Waals surface area contributed by atoms with Crippen molar-refractivity contribution in [3.8, 4) is 11.3 Å². The van der Waals surface area contributed by atoms with E-state index in [1.54, 1.807) is 12.1 Å². The van der Waals surface area contributed by atoms with Crippen molar-refractivity contribution in [3.05, 3.63) is 46.9 Å². The largest absolute Gasteiger partial charge is 0.462 e. The minimum atomic E-state index is -0.738. The molecule has 1 aromatic carbocycles. The number of carbonyl (C=O) groups excluding carboxylic acids is 3. The number of hydrogen-bond donors (Lipinski definition) is 1. The highest BCUT2D eigenvalue weighted by Crippen LogP contribution is 2.37. The number of ether oxygens (including phenoxy) is 1. The van der Waals surface area contributed by atoms with Gasteiger partial charge in [-0.2, -0.15) is 0 Å². The Hall–Kier alpha value is -2.80. The molecule has 166 valence electrons. The van der Waals surface area contributed by atoms with Gasteiger partial charge in [0.2, 0.25) is 0 Å². The molecule has 0 spiro atoms. The van der Waals surface area contributed by atoms with E-state index in [1.807, 2.05) is 18.4 Å². The fraction of sp³-hybridized carbons (Fsp3) is 0.458. The lowest BCUT2D eigenvalue weighted by Gasteiger charge is -2.27. The number of benzene rings is 1. The molecule has 1 fully saturated rings. The summed E-state index contributed by atoms with van der Waals surface area (Å²) in [7, 11) is 0. The Labute approximate surface area is 181 Å². The molecule has 0 saturated carbocycles. The van der Waals surface area contributed by atoms with Crippen molar-refractivity contribution < 1.29 is 28.6 Å². The van der Waals surface area contributed by atoms with Crippen LogP contribution in [-0.4, -0.2) is 39.4 Å². The molecule has 2 aromatic rings. The molecule has 2 heterocycles. The molecule has 1 aliphatic rings. The van der Waals surface area contributed by atoms with Crippen LogP contribution in [0.5, 0.6) is 0 Å². The molecule has 1 aromatic heterocycles. The lowest BCUT2D eigenvalue weighted by molar-refractivity contribution is -0.160. The van der Waals surface area contributed by atoms with Gasteiger partial charge in [-0.05, 0) is 49.6 Å². The van der Waals surface area contributed by atoms with E-state index in [-0.39, 0.29) is 23.9 Å². The summed E-state index contributed by atoms with van der Waals surface area (Å²) < 4.78 is 20.9. The van der Waals surface area contributed by atoms with Crippen molar-refractivity contribution in [1.82, 2.24) is 4.57 Å². The highest BCUT2D eigenvalue weighted by molar-refractivity contribution is 6.12. The van der Waals surface area contributed by atoms with Crippen LogP contribution in [0.2, 0.25) is 0 Å². The van der Waals surface area contributed by atoms with Crippen LogP contribution in [0.4, 0.5) is 4.39 Å². The average Bonchev–Trinajstić information content (AvgIpc) is 3.02. The number of hydrogen-bond acceptors (Lipinski definition) is 5. The molecule has 0 amide bonds. The summed E-state index contributed by atoms with van der Waals surface area (Å²) in [5.74, 6) is -1.36. The molecule has 1 N–H and O–H groups in total. The fourth-order valence-electron chi connectivity index (χ4n) is 4.39. The third-order valence-corrected chi connectivity index (χ3v) is 5.58. The summed E-state index contributed by atoms with van der Waals surface area (Å²) in [6, 6.07) is 5.81. The van der Waals surface area contributed by atoms with E-state index < -0.39 is 24.0 Å². The van der Waals surface area contributed by atoms with Crippen molar-refractivity contribution in [3.63, 3.8) is 0 Å². The molecule has 3 rings (SSSR count). The molecule has 0 radical (unpaired) electrons. The number of aliphatic hydroxyl groups excluding tert-OH is 1. The second kappa shape index (κ2) is 9.14. The molecule has 2 unspecified atom stereocenters. The monoisotopic (exact) mass is 429 g/mol. The summed E-state index contributed by atoms with van der Waals surface area (Å²) in [6.45, 7) is 7.12. The quantitative estimate of drug-likeness (QED) is 0.525. The van der Waals surface area contributed by atoms with Gasteiger partial charge in [0.1, 0.15) is 11.9 Å². The van der Waals surface area contributed by atoms with Crippen LogP contribution >= 0.6 is 0 Å². The third kappa shape index (κ3) is 4.77. The number of esters is 1. The van der Waals surface area contributed by atoms with Gasteiger partial charge < -0.3 is 14.4 Å². The Morgan fingerprint density at radius 3 is 2.29 bits per heavy atom. The zero-order valence-electron chi connectivity index (χ0n) is 18.3. The number of cyclic esters (lactones) is 1. The molecule has 6 nitrogen and oxygen atoms in total. The summed E-state index contributed by atoms with van der Waals surface area (Å²) in [4.78, 5) is 37.0. The standard InChI is InChI=1S/C24H28FNO5/c1-13(2)23-21(14(3)27)22(15(4)28)24(16-5-7-17(25)8-6-16)26(23)10-9-19-11-18(29)12-20(30)31-19/h5-8,13,18-19,29H,9-12H2,1-4H3. The normalized spacial score (nSPS) is 18.9. The van der Waals surface area contributed by atoms with E-state index in [0.29, 0.717) is 41.8 Å². The van der Waals surface area contributed by atoms with Crippen LogP contribution in [0.3, 0.4) is 0 Å². The molecule has 31 heavy (non-hydrogen) atoms. The van der Waals surface area contributed by atoms with E-state index in [4.69, 9.17) is 4.74 Å². The number of aromatic nitrogens is 1. The first kappa shape index (κ1) is 22.9. The van der Waals surface area contributed by atoms with Crippen LogP contribution in [0.1, 0.15) is 79.3 Å². The maximum atomic E-state index is 13.6. The van der Waals surface area contributed by atoms with Crippen LogP contribution in [0, 0.1) is 5.82 Å². The van der Waals surface area contributed by atoms with E-state index in [9.17, 15) is 23.9 Å². The highest BCUT2D eigenvalue weighted by Gasteiger charge is 2.32. The van der Waals surface area contributed by atoms with Gasteiger partial charge in [0, 0.05) is 30.6 Å². The lowest BCUT2D eigenvalue weighted by atomic mass is 9.96. The average molecular weight is 429 g/mol. The Bertz CT molecular complexity index is 1010. The van der Waals surface area contributed by atoms with Gasteiger partial charge in [0.25, 0.3) is 0 Å². The van der Waals surface area contributed by atoms with Gasteiger partial charge in [-0.15, -0.1) is 0 Å². The van der Waals surface area contributed by atoms with Crippen LogP contribution in [0.25, 0.3) is 11.3 Å². The molecule has 0 aliphatic carbocycles. The number of rotatable bonds is 7. The minimum absolute atomic E-state index is 0.0128. The highest BCUT2D eigenvalue weighted by atomic mass is 19.1. The van der Waals surface area contributed by atoms with E-state index >= 15 is 0 Å². The Morgan fingerprint density at radius 1 is 1.16 bits per heavy atom. The summed E-state index contributed by atoms with van der Waals surface area (Å²) >= 11 is 0. The number of nitrogens with zero attached hydrogens (tertiary/aromatic N) is 1. The Kier molecular flexibility index (Phi) is 6.74. The summed E-state index contributed by atoms with van der Waals surface area (Å²) in [5, 5.41) is 9.91. The molecule has 2 atom stereocenters. The van der Waals surface area contributed by atoms with Gasteiger partial charge >= 0.3 is 5.97 Å². The smallest absolute Gasteiger partial charge is 0.308 e. The van der Waals surface area contributed by atoms with Gasteiger partial charge in [-0.25, -0.2) is 4.39 Å². The summed E-state index contributed by atoms with van der Waals surface area (Å²) in [5.41, 5.74) is 2.61. The van der Waals surface area contributed by atoms with Gasteiger partial charge in [0.15, 0.2) is 11.6 Å². The predicted molar refractivity (Wildman–Crippen MR) is 114 cm³/mol. The molecular formula is C24H28FNO5. The SMILES string of the molecule is CC(=O)c1c(C(C)=O)c(C(C)C)n(CCC2CC(O)CC(=O)O2)c1-c1ccc(F)cc1. The van der Waals surface area contributed by atoms with Crippen molar-refractivity contribution in [2.24, 2.45) is 0 Å². The van der Waals surface area contributed by atoms with Crippen molar-refractivity contribution in [2.45, 2.75) is 71.6 Å². The zero-order valence-corrected chi connectivity index (χ0v) is 18.3. The van der Waals surface area contributed by atoms with E-state index in [1.165, 1.54) is 26.0 Å². The maximum Gasteiger partial charge on any atom is 0.308 e. The van der Waals surface area contributed by atoms with E-state index in [0.717, 1.165) is 5.69 Å². The second-order valence-corrected chi connectivity index (χ2v) is 8.40. The van der Waals surface area contributed by atoms with Crippen molar-refractivity contribution in [2.75, 3.05) is 0 Å². The Balaban J connectivity index is 2.15. The number of halogens is 1. The van der Waals surface area contributed by atoms with Crippen LogP contribution in [-0.2, 0) is 16.1 Å². The molecule has 1 saturated heterocycles. The maximum absolute atomic E-state index is 13.6. The fourth-order valence-corrected chi connectivity index (χ4v) is 4.39. The second-order valence-electron chi connectivity index (χ2n) is 8.40. The molecule has 7 heteroatoms. The number of ketones is 2. The van der Waals surface area contributed by atoms with Gasteiger partial charge in [-0.1, -0.05) is 13.8 Å². The van der Waals surface area contributed by atoms with E-state index in [2.05, 4.69) is 0 Å². The number of aliphatic hydroxyl groups is 1. The number of carbonyl (C=O) groups is 3. The van der Waals surface area contributed by atoms with Crippen LogP contribution < -0.4 is 0 Å². The van der Waals surface area contributed by atoms with Crippen molar-refractivity contribution in [1.29, 1.82) is 0 Å². The van der Waals surface area contributed by atoms with Gasteiger partial charge in [0.05, 0.1) is 23.8 Å². The Morgan fingerprint density at radius 2 is 1.77 bits per heavy atom. The first-order valence-electron chi connectivity index (χ1n) is 10.5. The van der Waals surface area contributed by atoms with Crippen LogP contribution in [0.15, 0.2) is 24.3 Å². The topological polar surface area (TPSA) is 85.6 Å². The van der Waals surface area contributed by atoms with Gasteiger partial charge in [-0.3, -0.25) is 14.4 Å². The zero-order chi connectivity index (χ0) is 22.9. The summed E-state index contributed by atoms with van der Waals surface area (Å²) in [6.07, 6.45) is -0.449. The minimum Gasteiger partial charge on any atom is -0.462 e. The first-order valence-corrected chi connectivity index (χ1v) is 10.5.